The summed E-state index contributed by atoms with van der Waals surface area (Å²) in [4.78, 5) is 12.0. The second-order valence-corrected chi connectivity index (χ2v) is 4.25. The molecule has 1 amide bonds. The first-order chi connectivity index (χ1) is 5.33. The molecular weight excluding hydrogens is 180 g/mol. The minimum absolute atomic E-state index is 0.0984. The molecule has 12 heavy (non-hydrogen) atoms. The zero-order chi connectivity index (χ0) is 9.78. The monoisotopic (exact) mass is 193 g/mol. The third-order valence-corrected chi connectivity index (χ3v) is 1.95. The van der Waals surface area contributed by atoms with Crippen LogP contribution in [0.4, 0.5) is 0 Å². The van der Waals surface area contributed by atoms with Crippen molar-refractivity contribution in [1.29, 1.82) is 0 Å². The molecule has 0 saturated heterocycles. The highest BCUT2D eigenvalue weighted by Crippen LogP contribution is 1.83. The van der Waals surface area contributed by atoms with Gasteiger partial charge in [0.15, 0.2) is 0 Å². The Morgan fingerprint density at radius 2 is 2.00 bits per heavy atom. The molecule has 0 spiro atoms. The molecule has 0 aromatic rings. The molecule has 0 heterocycles. The van der Waals surface area contributed by atoms with Crippen LogP contribution in [0, 0.1) is 0 Å². The van der Waals surface area contributed by atoms with E-state index in [0.717, 1.165) is 6.26 Å². The lowest BCUT2D eigenvalue weighted by Gasteiger charge is -2.13. The maximum atomic E-state index is 10.6. The molecule has 0 aromatic carbocycles. The lowest BCUT2D eigenvalue weighted by molar-refractivity contribution is -0.127. The van der Waals surface area contributed by atoms with Crippen molar-refractivity contribution in [2.45, 2.75) is 6.92 Å². The normalized spacial score (nSPS) is 11.2. The Morgan fingerprint density at radius 1 is 1.50 bits per heavy atom. The molecule has 0 rings (SSSR count). The summed E-state index contributed by atoms with van der Waals surface area (Å²) < 4.78 is 24.4. The Kier molecular flexibility index (Phi) is 4.19. The largest absolute Gasteiger partial charge is 0.345 e. The van der Waals surface area contributed by atoms with Gasteiger partial charge in [-0.1, -0.05) is 0 Å². The Labute approximate surface area is 72.8 Å². The zero-order valence-corrected chi connectivity index (χ0v) is 8.26. The molecule has 0 atom stereocenters. The zero-order valence-electron chi connectivity index (χ0n) is 7.44. The van der Waals surface area contributed by atoms with Gasteiger partial charge in [-0.25, -0.2) is 8.42 Å². The number of nitrogens with zero attached hydrogens (tertiary/aromatic N) is 2. The van der Waals surface area contributed by atoms with E-state index in [1.54, 1.807) is 7.05 Å². The number of carbonyl (C=O) groups is 1. The van der Waals surface area contributed by atoms with Crippen LogP contribution < -0.4 is 4.72 Å². The van der Waals surface area contributed by atoms with E-state index in [2.05, 4.69) is 4.72 Å². The first-order valence-corrected chi connectivity index (χ1v) is 5.28. The lowest BCUT2D eigenvalue weighted by atomic mass is 10.5. The van der Waals surface area contributed by atoms with Gasteiger partial charge in [-0.15, -0.1) is 4.72 Å². The number of rotatable bonds is 4. The second-order valence-electron chi connectivity index (χ2n) is 2.53. The van der Waals surface area contributed by atoms with Crippen LogP contribution in [0.25, 0.3) is 0 Å². The van der Waals surface area contributed by atoms with E-state index in [1.165, 1.54) is 11.8 Å². The molecule has 0 aromatic heterocycles. The lowest BCUT2D eigenvalue weighted by Crippen LogP contribution is -2.31. The highest BCUT2D eigenvalue weighted by Gasteiger charge is 2.05. The van der Waals surface area contributed by atoms with Crippen molar-refractivity contribution in [3.63, 3.8) is 0 Å². The van der Waals surface area contributed by atoms with Crippen LogP contribution in [-0.4, -0.2) is 45.6 Å². The van der Waals surface area contributed by atoms with E-state index in [9.17, 15) is 13.2 Å². The number of amides is 1. The van der Waals surface area contributed by atoms with E-state index in [0.29, 0.717) is 6.54 Å². The van der Waals surface area contributed by atoms with Gasteiger partial charge in [0.2, 0.25) is 15.9 Å². The first-order valence-electron chi connectivity index (χ1n) is 3.43. The number of likely N-dealkylation sites (N-methyl/N-ethyl adjacent to an activating group) is 1. The summed E-state index contributed by atoms with van der Waals surface area (Å²) in [5.74, 6) is -0.0984. The Hall–Kier alpha value is -0.620. The topological polar surface area (TPSA) is 68.6 Å². The molecule has 0 unspecified atom stereocenters. The SMILES string of the molecule is CC(=O)N(C)CC[N]S(C)(=O)=O. The minimum Gasteiger partial charge on any atom is -0.345 e. The van der Waals surface area contributed by atoms with Crippen molar-refractivity contribution in [3.8, 4) is 0 Å². The fourth-order valence-electron chi connectivity index (χ4n) is 0.514. The molecule has 0 aliphatic carbocycles. The summed E-state index contributed by atoms with van der Waals surface area (Å²) in [6, 6.07) is 0. The molecular formula is C6H13N2O3S. The molecule has 0 saturated carbocycles. The van der Waals surface area contributed by atoms with Crippen molar-refractivity contribution in [3.05, 3.63) is 0 Å². The van der Waals surface area contributed by atoms with Crippen molar-refractivity contribution < 1.29 is 13.2 Å². The van der Waals surface area contributed by atoms with E-state index in [1.807, 2.05) is 0 Å². The Bertz CT molecular complexity index is 248. The molecule has 1 radical (unpaired) electrons. The predicted octanol–water partition coefficient (Wildman–Crippen LogP) is -0.971. The molecule has 5 nitrogen and oxygen atoms in total. The van der Waals surface area contributed by atoms with Gasteiger partial charge >= 0.3 is 0 Å². The van der Waals surface area contributed by atoms with Crippen molar-refractivity contribution in [1.82, 2.24) is 9.62 Å². The van der Waals surface area contributed by atoms with Gasteiger partial charge in [-0.3, -0.25) is 4.79 Å². The minimum atomic E-state index is -3.26. The second kappa shape index (κ2) is 4.42. The maximum absolute atomic E-state index is 10.6. The quantitative estimate of drug-likeness (QED) is 0.576. The number of carbonyl (C=O) groups excluding carboxylic acids is 1. The summed E-state index contributed by atoms with van der Waals surface area (Å²) in [7, 11) is -1.66. The Morgan fingerprint density at radius 3 is 2.33 bits per heavy atom. The van der Waals surface area contributed by atoms with Crippen LogP contribution in [-0.2, 0) is 14.8 Å². The number of hydrogen-bond acceptors (Lipinski definition) is 3. The molecule has 0 aliphatic rings. The number of sulfonamides is 1. The average Bonchev–Trinajstić information content (AvgIpc) is 1.84. The molecule has 6 heteroatoms. The van der Waals surface area contributed by atoms with Gasteiger partial charge < -0.3 is 4.90 Å². The van der Waals surface area contributed by atoms with Gasteiger partial charge in [0, 0.05) is 27.1 Å². The highest BCUT2D eigenvalue weighted by molar-refractivity contribution is 7.88. The maximum Gasteiger partial charge on any atom is 0.225 e. The number of hydrogen-bond donors (Lipinski definition) is 0. The standard InChI is InChI=1S/C6H13N2O3S/c1-6(9)8(2)5-4-7-12(3,10)11/h4-5H2,1-3H3. The first kappa shape index (κ1) is 11.4. The van der Waals surface area contributed by atoms with Gasteiger partial charge in [0.1, 0.15) is 0 Å². The molecule has 0 aliphatic heterocycles. The van der Waals surface area contributed by atoms with Crippen LogP contribution in [0.2, 0.25) is 0 Å². The Balaban J connectivity index is 3.65. The molecule has 0 bridgehead atoms. The van der Waals surface area contributed by atoms with Crippen LogP contribution in [0.3, 0.4) is 0 Å². The van der Waals surface area contributed by atoms with Gasteiger partial charge in [-0.05, 0) is 0 Å². The third kappa shape index (κ3) is 6.11. The third-order valence-electron chi connectivity index (χ3n) is 1.30. The average molecular weight is 193 g/mol. The van der Waals surface area contributed by atoms with Crippen LogP contribution in [0.1, 0.15) is 6.92 Å². The van der Waals surface area contributed by atoms with Crippen LogP contribution >= 0.6 is 0 Å². The van der Waals surface area contributed by atoms with Crippen LogP contribution in [0.15, 0.2) is 0 Å². The fourth-order valence-corrected chi connectivity index (χ4v) is 0.927. The van der Waals surface area contributed by atoms with E-state index < -0.39 is 10.0 Å². The predicted molar refractivity (Wildman–Crippen MR) is 45.2 cm³/mol. The van der Waals surface area contributed by atoms with Crippen molar-refractivity contribution in [2.75, 3.05) is 26.4 Å². The van der Waals surface area contributed by atoms with Gasteiger partial charge in [0.25, 0.3) is 0 Å². The summed E-state index contributed by atoms with van der Waals surface area (Å²) >= 11 is 0. The highest BCUT2D eigenvalue weighted by atomic mass is 32.2. The summed E-state index contributed by atoms with van der Waals surface area (Å²) in [5.41, 5.74) is 0. The summed E-state index contributed by atoms with van der Waals surface area (Å²) in [6.07, 6.45) is 1.03. The van der Waals surface area contributed by atoms with E-state index >= 15 is 0 Å². The van der Waals surface area contributed by atoms with E-state index in [4.69, 9.17) is 0 Å². The fraction of sp³-hybridized carbons (Fsp3) is 0.833. The molecule has 0 N–H and O–H groups in total. The van der Waals surface area contributed by atoms with Crippen LogP contribution in [0.5, 0.6) is 0 Å². The van der Waals surface area contributed by atoms with Gasteiger partial charge in [0.05, 0.1) is 6.26 Å². The molecule has 71 valence electrons. The summed E-state index contributed by atoms with van der Waals surface area (Å²) in [6.45, 7) is 1.89. The molecule has 0 fully saturated rings. The van der Waals surface area contributed by atoms with E-state index in [-0.39, 0.29) is 12.5 Å². The van der Waals surface area contributed by atoms with Crippen molar-refractivity contribution in [2.24, 2.45) is 0 Å². The van der Waals surface area contributed by atoms with Gasteiger partial charge in [-0.2, -0.15) is 0 Å². The van der Waals surface area contributed by atoms with Crippen molar-refractivity contribution >= 4 is 15.9 Å². The smallest absolute Gasteiger partial charge is 0.225 e. The summed E-state index contributed by atoms with van der Waals surface area (Å²) in [5, 5.41) is 0.